The van der Waals surface area contributed by atoms with E-state index in [-0.39, 0.29) is 12.8 Å². The van der Waals surface area contributed by atoms with Crippen molar-refractivity contribution in [2.45, 2.75) is 51.3 Å². The zero-order chi connectivity index (χ0) is 22.1. The number of hydrogen-bond donors (Lipinski definition) is 3. The largest absolute Gasteiger partial charge is 0.467 e. The molecular weight excluding hydrogens is 388 g/mol. The molecule has 2 atom stereocenters. The molecule has 1 aromatic carbocycles. The van der Waals surface area contributed by atoms with Gasteiger partial charge in [0, 0.05) is 24.7 Å². The number of methoxy groups -OCH3 is 1. The maximum Gasteiger partial charge on any atom is 0.408 e. The average Bonchev–Trinajstić information content (AvgIpc) is 3.18. The number of nitrogens with zero attached hydrogens (tertiary/aromatic N) is 1. The van der Waals surface area contributed by atoms with Crippen molar-refractivity contribution >= 4 is 18.0 Å². The molecular formula is C21H28N4O5. The van der Waals surface area contributed by atoms with E-state index in [1.54, 1.807) is 27.0 Å². The molecule has 0 radical (unpaired) electrons. The summed E-state index contributed by atoms with van der Waals surface area (Å²) < 4.78 is 10.1. The van der Waals surface area contributed by atoms with Gasteiger partial charge in [-0.15, -0.1) is 0 Å². The first-order valence-corrected chi connectivity index (χ1v) is 9.57. The highest BCUT2D eigenvalue weighted by atomic mass is 16.6. The van der Waals surface area contributed by atoms with Crippen LogP contribution in [-0.4, -0.2) is 52.7 Å². The fraction of sp³-hybridized carbons (Fsp3) is 0.429. The molecule has 0 aliphatic carbocycles. The molecule has 9 nitrogen and oxygen atoms in total. The molecule has 3 N–H and O–H groups in total. The number of nitrogens with one attached hydrogen (secondary N) is 3. The fourth-order valence-corrected chi connectivity index (χ4v) is 2.73. The number of imidazole rings is 1. The Morgan fingerprint density at radius 2 is 1.77 bits per heavy atom. The van der Waals surface area contributed by atoms with E-state index in [4.69, 9.17) is 9.47 Å². The van der Waals surface area contributed by atoms with Crippen LogP contribution in [0.25, 0.3) is 0 Å². The van der Waals surface area contributed by atoms with Crippen molar-refractivity contribution in [2.24, 2.45) is 0 Å². The lowest BCUT2D eigenvalue weighted by Gasteiger charge is -2.25. The number of carbonyl (C=O) groups is 3. The highest BCUT2D eigenvalue weighted by Gasteiger charge is 2.29. The van der Waals surface area contributed by atoms with Crippen LogP contribution in [0.3, 0.4) is 0 Å². The standard InChI is InChI=1S/C21H28N4O5/c1-21(2,3)30-20(28)25-16(10-14-8-6-5-7-9-14)18(26)24-17(19(27)29-4)11-15-12-22-13-23-15/h5-9,12-13,16-17H,10-11H2,1-4H3,(H,22,23)(H,24,26)(H,25,28). The number of carbonyl (C=O) groups excluding carboxylic acids is 3. The first-order chi connectivity index (χ1) is 14.2. The summed E-state index contributed by atoms with van der Waals surface area (Å²) in [5, 5.41) is 5.26. The number of benzene rings is 1. The van der Waals surface area contributed by atoms with Crippen LogP contribution >= 0.6 is 0 Å². The van der Waals surface area contributed by atoms with Crippen molar-refractivity contribution in [3.05, 3.63) is 54.1 Å². The SMILES string of the molecule is COC(=O)C(Cc1cnc[nH]1)NC(=O)C(Cc1ccccc1)NC(=O)OC(C)(C)C. The number of esters is 1. The quantitative estimate of drug-likeness (QED) is 0.564. The molecule has 30 heavy (non-hydrogen) atoms. The summed E-state index contributed by atoms with van der Waals surface area (Å²) in [7, 11) is 1.24. The summed E-state index contributed by atoms with van der Waals surface area (Å²) in [6.07, 6.45) is 2.71. The Hall–Kier alpha value is -3.36. The van der Waals surface area contributed by atoms with Gasteiger partial charge in [0.2, 0.25) is 5.91 Å². The van der Waals surface area contributed by atoms with Gasteiger partial charge in [0.1, 0.15) is 17.7 Å². The number of ether oxygens (including phenoxy) is 2. The van der Waals surface area contributed by atoms with Gasteiger partial charge in [0.15, 0.2) is 0 Å². The number of amides is 2. The molecule has 1 heterocycles. The first kappa shape index (κ1) is 22.9. The maximum atomic E-state index is 13.0. The maximum absolute atomic E-state index is 13.0. The first-order valence-electron chi connectivity index (χ1n) is 9.57. The van der Waals surface area contributed by atoms with Crippen LogP contribution in [0.15, 0.2) is 42.9 Å². The van der Waals surface area contributed by atoms with Gasteiger partial charge in [0.05, 0.1) is 13.4 Å². The molecule has 0 aliphatic heterocycles. The van der Waals surface area contributed by atoms with Gasteiger partial charge in [-0.25, -0.2) is 14.6 Å². The van der Waals surface area contributed by atoms with Crippen molar-refractivity contribution in [2.75, 3.05) is 7.11 Å². The highest BCUT2D eigenvalue weighted by molar-refractivity contribution is 5.90. The van der Waals surface area contributed by atoms with Gasteiger partial charge in [0.25, 0.3) is 0 Å². The predicted molar refractivity (Wildman–Crippen MR) is 110 cm³/mol. The lowest BCUT2D eigenvalue weighted by Crippen LogP contribution is -2.54. The second kappa shape index (κ2) is 10.4. The number of rotatable bonds is 8. The van der Waals surface area contributed by atoms with Crippen LogP contribution in [0.4, 0.5) is 4.79 Å². The summed E-state index contributed by atoms with van der Waals surface area (Å²) in [6.45, 7) is 5.20. The van der Waals surface area contributed by atoms with Crippen molar-refractivity contribution in [3.63, 3.8) is 0 Å². The van der Waals surface area contributed by atoms with Gasteiger partial charge in [-0.3, -0.25) is 4.79 Å². The van der Waals surface area contributed by atoms with Gasteiger partial charge >= 0.3 is 12.1 Å². The Bertz CT molecular complexity index is 831. The second-order valence-electron chi connectivity index (χ2n) is 7.75. The third-order valence-corrected chi connectivity index (χ3v) is 4.07. The minimum Gasteiger partial charge on any atom is -0.467 e. The van der Waals surface area contributed by atoms with E-state index >= 15 is 0 Å². The molecule has 0 bridgehead atoms. The van der Waals surface area contributed by atoms with Crippen LogP contribution in [0.2, 0.25) is 0 Å². The summed E-state index contributed by atoms with van der Waals surface area (Å²) >= 11 is 0. The van der Waals surface area contributed by atoms with Crippen LogP contribution < -0.4 is 10.6 Å². The van der Waals surface area contributed by atoms with Crippen LogP contribution in [0.5, 0.6) is 0 Å². The Labute approximate surface area is 175 Å². The number of hydrogen-bond acceptors (Lipinski definition) is 6. The van der Waals surface area contributed by atoms with Crippen LogP contribution in [0, 0.1) is 0 Å². The van der Waals surface area contributed by atoms with Crippen LogP contribution in [0.1, 0.15) is 32.0 Å². The Balaban J connectivity index is 2.16. The number of aromatic nitrogens is 2. The number of alkyl carbamates (subject to hydrolysis) is 1. The second-order valence-corrected chi connectivity index (χ2v) is 7.75. The van der Waals surface area contributed by atoms with E-state index < -0.39 is 35.7 Å². The Kier molecular flexibility index (Phi) is 7.97. The lowest BCUT2D eigenvalue weighted by molar-refractivity contribution is -0.145. The molecule has 2 rings (SSSR count). The van der Waals surface area contributed by atoms with E-state index in [2.05, 4.69) is 20.6 Å². The third kappa shape index (κ3) is 7.57. The van der Waals surface area contributed by atoms with Crippen molar-refractivity contribution < 1.29 is 23.9 Å². The molecule has 0 aliphatic rings. The van der Waals surface area contributed by atoms with Crippen molar-refractivity contribution in [1.29, 1.82) is 0 Å². The van der Waals surface area contributed by atoms with E-state index in [1.165, 1.54) is 13.4 Å². The van der Waals surface area contributed by atoms with Crippen molar-refractivity contribution in [1.82, 2.24) is 20.6 Å². The van der Waals surface area contributed by atoms with Gasteiger partial charge in [-0.2, -0.15) is 0 Å². The molecule has 9 heteroatoms. The molecule has 0 saturated heterocycles. The number of H-pyrrole nitrogens is 1. The average molecular weight is 416 g/mol. The lowest BCUT2D eigenvalue weighted by atomic mass is 10.0. The molecule has 0 saturated carbocycles. The smallest absolute Gasteiger partial charge is 0.408 e. The Morgan fingerprint density at radius 3 is 2.33 bits per heavy atom. The van der Waals surface area contributed by atoms with Crippen molar-refractivity contribution in [3.8, 4) is 0 Å². The summed E-state index contributed by atoms with van der Waals surface area (Å²) in [5.41, 5.74) is 0.787. The minimum absolute atomic E-state index is 0.170. The highest BCUT2D eigenvalue weighted by Crippen LogP contribution is 2.09. The molecule has 2 unspecified atom stereocenters. The molecule has 2 aromatic rings. The van der Waals surface area contributed by atoms with E-state index in [0.717, 1.165) is 5.56 Å². The molecule has 0 spiro atoms. The van der Waals surface area contributed by atoms with Gasteiger partial charge in [-0.1, -0.05) is 30.3 Å². The van der Waals surface area contributed by atoms with Gasteiger partial charge in [-0.05, 0) is 26.3 Å². The molecule has 162 valence electrons. The molecule has 1 aromatic heterocycles. The molecule has 0 fully saturated rings. The van der Waals surface area contributed by atoms with E-state index in [1.807, 2.05) is 30.3 Å². The van der Waals surface area contributed by atoms with Gasteiger partial charge < -0.3 is 25.1 Å². The summed E-state index contributed by atoms with van der Waals surface area (Å²) in [5.74, 6) is -1.13. The van der Waals surface area contributed by atoms with E-state index in [9.17, 15) is 14.4 Å². The van der Waals surface area contributed by atoms with E-state index in [0.29, 0.717) is 5.69 Å². The number of aromatic amines is 1. The topological polar surface area (TPSA) is 122 Å². The Morgan fingerprint density at radius 1 is 1.07 bits per heavy atom. The predicted octanol–water partition coefficient (Wildman–Crippen LogP) is 1.75. The summed E-state index contributed by atoms with van der Waals surface area (Å²) in [4.78, 5) is 44.2. The molecule has 2 amide bonds. The zero-order valence-electron chi connectivity index (χ0n) is 17.6. The van der Waals surface area contributed by atoms with Crippen LogP contribution in [-0.2, 0) is 31.9 Å². The minimum atomic E-state index is -0.948. The summed E-state index contributed by atoms with van der Waals surface area (Å²) in [6, 6.07) is 7.34. The zero-order valence-corrected chi connectivity index (χ0v) is 17.6. The fourth-order valence-electron chi connectivity index (χ4n) is 2.73. The normalized spacial score (nSPS) is 13.1. The third-order valence-electron chi connectivity index (χ3n) is 4.07. The monoisotopic (exact) mass is 416 g/mol.